The summed E-state index contributed by atoms with van der Waals surface area (Å²) >= 11 is 0. The first-order valence-corrected chi connectivity index (χ1v) is 11.6. The molecule has 0 radical (unpaired) electrons. The summed E-state index contributed by atoms with van der Waals surface area (Å²) < 4.78 is 0. The van der Waals surface area contributed by atoms with Crippen LogP contribution < -0.4 is 15.5 Å². The van der Waals surface area contributed by atoms with E-state index in [1.807, 2.05) is 26.2 Å². The van der Waals surface area contributed by atoms with Crippen LogP contribution in [0.5, 0.6) is 0 Å². The van der Waals surface area contributed by atoms with Crippen LogP contribution in [0.4, 0.5) is 11.8 Å². The number of para-hydroxylation sites is 2. The number of hydrogen-bond acceptors (Lipinski definition) is 5. The van der Waals surface area contributed by atoms with Gasteiger partial charge in [0.05, 0.1) is 5.52 Å². The molecule has 0 bridgehead atoms. The number of nitrogens with one attached hydrogen (secondary N) is 3. The van der Waals surface area contributed by atoms with E-state index in [0.717, 1.165) is 54.5 Å². The molecule has 6 nitrogen and oxygen atoms in total. The Hall–Kier alpha value is -3.12. The zero-order valence-corrected chi connectivity index (χ0v) is 18.9. The third-order valence-electron chi connectivity index (χ3n) is 6.61. The number of anilines is 2. The van der Waals surface area contributed by atoms with Gasteiger partial charge >= 0.3 is 0 Å². The number of nitrogens with zero attached hydrogens (tertiary/aromatic N) is 3. The first kappa shape index (κ1) is 20.8. The summed E-state index contributed by atoms with van der Waals surface area (Å²) in [6, 6.07) is 17.2. The zero-order chi connectivity index (χ0) is 21.9. The minimum absolute atomic E-state index is 0.441. The molecular formula is C26H32N6. The molecule has 0 amide bonds. The molecule has 1 aliphatic rings. The minimum atomic E-state index is 0.441. The molecule has 1 saturated carbocycles. The molecule has 1 aliphatic carbocycles. The van der Waals surface area contributed by atoms with Crippen molar-refractivity contribution in [1.82, 2.24) is 20.3 Å². The van der Waals surface area contributed by atoms with Crippen LogP contribution in [0.15, 0.2) is 54.7 Å². The maximum atomic E-state index is 4.80. The standard InChI is InChI=1S/C26H32N6/c1-32(2)25-22-8-4-6-10-24(22)30-26(31-25)29-20-13-11-18(12-14-20)15-27-16-19-17-28-23-9-5-3-7-21(19)23/h3-10,17-18,20,27-28H,11-16H2,1-2H3,(H,29,30,31). The highest BCUT2D eigenvalue weighted by Gasteiger charge is 2.22. The highest BCUT2D eigenvalue weighted by atomic mass is 15.2. The predicted molar refractivity (Wildman–Crippen MR) is 133 cm³/mol. The Morgan fingerprint density at radius 3 is 2.50 bits per heavy atom. The Balaban J connectivity index is 1.14. The third-order valence-corrected chi connectivity index (χ3v) is 6.61. The first-order chi connectivity index (χ1) is 15.7. The third kappa shape index (κ3) is 4.41. The van der Waals surface area contributed by atoms with Crippen molar-refractivity contribution in [3.8, 4) is 0 Å². The van der Waals surface area contributed by atoms with Crippen LogP contribution in [0.2, 0.25) is 0 Å². The number of hydrogen-bond donors (Lipinski definition) is 3. The Morgan fingerprint density at radius 1 is 0.938 bits per heavy atom. The van der Waals surface area contributed by atoms with E-state index < -0.39 is 0 Å². The van der Waals surface area contributed by atoms with E-state index in [-0.39, 0.29) is 0 Å². The summed E-state index contributed by atoms with van der Waals surface area (Å²) in [5.74, 6) is 2.44. The van der Waals surface area contributed by atoms with Crippen molar-refractivity contribution in [3.05, 3.63) is 60.3 Å². The van der Waals surface area contributed by atoms with E-state index >= 15 is 0 Å². The SMILES string of the molecule is CN(C)c1nc(NC2CCC(CNCc3c[nH]c4ccccc34)CC2)nc2ccccc12. The maximum Gasteiger partial charge on any atom is 0.225 e. The molecule has 4 aromatic rings. The molecule has 166 valence electrons. The lowest BCUT2D eigenvalue weighted by atomic mass is 9.86. The molecule has 2 heterocycles. The average molecular weight is 429 g/mol. The van der Waals surface area contributed by atoms with Crippen LogP contribution in [0.3, 0.4) is 0 Å². The van der Waals surface area contributed by atoms with Crippen LogP contribution in [-0.4, -0.2) is 41.6 Å². The zero-order valence-electron chi connectivity index (χ0n) is 18.9. The van der Waals surface area contributed by atoms with E-state index in [1.165, 1.54) is 29.3 Å². The second-order valence-corrected chi connectivity index (χ2v) is 9.13. The molecule has 0 aliphatic heterocycles. The van der Waals surface area contributed by atoms with E-state index in [4.69, 9.17) is 9.97 Å². The summed E-state index contributed by atoms with van der Waals surface area (Å²) in [5.41, 5.74) is 3.55. The highest BCUT2D eigenvalue weighted by molar-refractivity contribution is 5.90. The molecule has 32 heavy (non-hydrogen) atoms. The lowest BCUT2D eigenvalue weighted by molar-refractivity contribution is 0.324. The van der Waals surface area contributed by atoms with Gasteiger partial charge in [0.1, 0.15) is 5.82 Å². The van der Waals surface area contributed by atoms with Crippen molar-refractivity contribution in [2.75, 3.05) is 30.9 Å². The molecule has 6 heteroatoms. The lowest BCUT2D eigenvalue weighted by Crippen LogP contribution is -2.31. The lowest BCUT2D eigenvalue weighted by Gasteiger charge is -2.29. The summed E-state index contributed by atoms with van der Waals surface area (Å²) in [6.45, 7) is 1.99. The van der Waals surface area contributed by atoms with E-state index in [1.54, 1.807) is 0 Å². The van der Waals surface area contributed by atoms with Crippen LogP contribution in [0.25, 0.3) is 21.8 Å². The molecule has 3 N–H and O–H groups in total. The number of benzene rings is 2. The fraction of sp³-hybridized carbons (Fsp3) is 0.385. The van der Waals surface area contributed by atoms with Gasteiger partial charge in [-0.25, -0.2) is 4.98 Å². The Labute approximate surface area is 189 Å². The van der Waals surface area contributed by atoms with Crippen LogP contribution in [-0.2, 0) is 6.54 Å². The van der Waals surface area contributed by atoms with Gasteiger partial charge in [-0.3, -0.25) is 0 Å². The average Bonchev–Trinajstić information content (AvgIpc) is 3.23. The summed E-state index contributed by atoms with van der Waals surface area (Å²) in [4.78, 5) is 15.0. The number of aromatic nitrogens is 3. The fourth-order valence-corrected chi connectivity index (χ4v) is 4.85. The van der Waals surface area contributed by atoms with Crippen LogP contribution in [0, 0.1) is 5.92 Å². The molecular weight excluding hydrogens is 396 g/mol. The molecule has 0 unspecified atom stereocenters. The van der Waals surface area contributed by atoms with Gasteiger partial charge in [0.15, 0.2) is 0 Å². The summed E-state index contributed by atoms with van der Waals surface area (Å²) in [5, 5.41) is 9.71. The predicted octanol–water partition coefficient (Wildman–Crippen LogP) is 4.94. The molecule has 0 saturated heterocycles. The smallest absolute Gasteiger partial charge is 0.225 e. The fourth-order valence-electron chi connectivity index (χ4n) is 4.85. The van der Waals surface area contributed by atoms with Crippen molar-refractivity contribution in [3.63, 3.8) is 0 Å². The van der Waals surface area contributed by atoms with Gasteiger partial charge in [0, 0.05) is 49.2 Å². The topological polar surface area (TPSA) is 68.9 Å². The molecule has 0 spiro atoms. The number of fused-ring (bicyclic) bond motifs is 2. The van der Waals surface area contributed by atoms with Gasteiger partial charge < -0.3 is 20.5 Å². The number of H-pyrrole nitrogens is 1. The van der Waals surface area contributed by atoms with E-state index in [9.17, 15) is 0 Å². The largest absolute Gasteiger partial charge is 0.362 e. The number of aromatic amines is 1. The van der Waals surface area contributed by atoms with E-state index in [0.29, 0.717) is 6.04 Å². The molecule has 5 rings (SSSR count). The van der Waals surface area contributed by atoms with Gasteiger partial charge in [-0.2, -0.15) is 4.98 Å². The maximum absolute atomic E-state index is 4.80. The van der Waals surface area contributed by atoms with Gasteiger partial charge in [-0.15, -0.1) is 0 Å². The Morgan fingerprint density at radius 2 is 1.69 bits per heavy atom. The van der Waals surface area contributed by atoms with Crippen molar-refractivity contribution < 1.29 is 0 Å². The molecule has 2 aromatic heterocycles. The summed E-state index contributed by atoms with van der Waals surface area (Å²) in [6.07, 6.45) is 6.91. The van der Waals surface area contributed by atoms with E-state index in [2.05, 4.69) is 63.1 Å². The monoisotopic (exact) mass is 428 g/mol. The first-order valence-electron chi connectivity index (χ1n) is 11.6. The van der Waals surface area contributed by atoms with Gasteiger partial charge in [0.2, 0.25) is 5.95 Å². The van der Waals surface area contributed by atoms with Gasteiger partial charge in [-0.1, -0.05) is 30.3 Å². The second kappa shape index (κ2) is 9.17. The van der Waals surface area contributed by atoms with Crippen molar-refractivity contribution in [2.24, 2.45) is 5.92 Å². The van der Waals surface area contributed by atoms with Crippen molar-refractivity contribution >= 4 is 33.6 Å². The van der Waals surface area contributed by atoms with Crippen LogP contribution >= 0.6 is 0 Å². The van der Waals surface area contributed by atoms with Gasteiger partial charge in [0.25, 0.3) is 0 Å². The van der Waals surface area contributed by atoms with Crippen molar-refractivity contribution in [1.29, 1.82) is 0 Å². The van der Waals surface area contributed by atoms with Crippen LogP contribution in [0.1, 0.15) is 31.2 Å². The Kier molecular flexibility index (Phi) is 5.95. The summed E-state index contributed by atoms with van der Waals surface area (Å²) in [7, 11) is 4.07. The Bertz CT molecular complexity index is 1190. The molecule has 1 fully saturated rings. The molecule has 2 aromatic carbocycles. The normalized spacial score (nSPS) is 18.8. The highest BCUT2D eigenvalue weighted by Crippen LogP contribution is 2.28. The quantitative estimate of drug-likeness (QED) is 0.389. The van der Waals surface area contributed by atoms with Crippen molar-refractivity contribution in [2.45, 2.75) is 38.3 Å². The minimum Gasteiger partial charge on any atom is -0.362 e. The van der Waals surface area contributed by atoms with Gasteiger partial charge in [-0.05, 0) is 61.9 Å². The number of rotatable bonds is 7. The molecule has 0 atom stereocenters. The second-order valence-electron chi connectivity index (χ2n) is 9.13.